The lowest BCUT2D eigenvalue weighted by atomic mass is 10.1. The van der Waals surface area contributed by atoms with Gasteiger partial charge in [0.2, 0.25) is 0 Å². The summed E-state index contributed by atoms with van der Waals surface area (Å²) in [6.07, 6.45) is 0. The van der Waals surface area contributed by atoms with Gasteiger partial charge >= 0.3 is 0 Å². The van der Waals surface area contributed by atoms with Gasteiger partial charge in [0, 0.05) is 18.7 Å². The molecule has 0 fully saturated rings. The number of anilines is 2. The fourth-order valence-corrected chi connectivity index (χ4v) is 3.74. The molecule has 0 saturated heterocycles. The number of aliphatic hydroxyl groups is 2. The summed E-state index contributed by atoms with van der Waals surface area (Å²) >= 11 is 11.9. The SMILES string of the molecule is Cc1c(C#N)c(NCCO)nc(NCCO)c1N=Nc1cc(Cl)c(S(=O)(=O)O)cc1Cl. The maximum absolute atomic E-state index is 11.3. The van der Waals surface area contributed by atoms with Gasteiger partial charge in [0.25, 0.3) is 10.1 Å². The van der Waals surface area contributed by atoms with E-state index in [1.54, 1.807) is 6.92 Å². The lowest BCUT2D eigenvalue weighted by Gasteiger charge is -2.15. The van der Waals surface area contributed by atoms with Crippen molar-refractivity contribution in [2.45, 2.75) is 11.8 Å². The van der Waals surface area contributed by atoms with Crippen LogP contribution in [0.5, 0.6) is 0 Å². The van der Waals surface area contributed by atoms with E-state index in [0.29, 0.717) is 5.56 Å². The number of aliphatic hydroxyl groups excluding tert-OH is 2. The summed E-state index contributed by atoms with van der Waals surface area (Å²) in [4.78, 5) is 3.71. The van der Waals surface area contributed by atoms with Gasteiger partial charge in [-0.25, -0.2) is 4.98 Å². The number of benzene rings is 1. The third-order valence-corrected chi connectivity index (χ3v) is 5.49. The lowest BCUT2D eigenvalue weighted by molar-refractivity contribution is 0.311. The Morgan fingerprint density at radius 3 is 2.26 bits per heavy atom. The molecule has 0 unspecified atom stereocenters. The van der Waals surface area contributed by atoms with E-state index in [1.807, 2.05) is 6.07 Å². The molecule has 11 nitrogen and oxygen atoms in total. The van der Waals surface area contributed by atoms with Crippen LogP contribution in [0.15, 0.2) is 27.3 Å². The molecule has 166 valence electrons. The summed E-state index contributed by atoms with van der Waals surface area (Å²) in [5.74, 6) is 0.415. The Labute approximate surface area is 188 Å². The Kier molecular flexibility index (Phi) is 8.52. The Balaban J connectivity index is 2.58. The molecule has 0 aliphatic rings. The summed E-state index contributed by atoms with van der Waals surface area (Å²) < 4.78 is 31.8. The van der Waals surface area contributed by atoms with Crippen LogP contribution in [0, 0.1) is 18.3 Å². The highest BCUT2D eigenvalue weighted by atomic mass is 35.5. The second-order valence-corrected chi connectivity index (χ2v) is 8.18. The molecule has 0 radical (unpaired) electrons. The molecule has 0 aliphatic carbocycles. The highest BCUT2D eigenvalue weighted by Gasteiger charge is 2.19. The molecular formula is C17H18Cl2N6O5S. The van der Waals surface area contributed by atoms with E-state index in [1.165, 1.54) is 0 Å². The Morgan fingerprint density at radius 2 is 1.71 bits per heavy atom. The van der Waals surface area contributed by atoms with Crippen LogP contribution in [0.4, 0.5) is 23.0 Å². The smallest absolute Gasteiger partial charge is 0.296 e. The van der Waals surface area contributed by atoms with E-state index in [9.17, 15) is 18.2 Å². The van der Waals surface area contributed by atoms with Crippen LogP contribution < -0.4 is 10.6 Å². The van der Waals surface area contributed by atoms with Crippen molar-refractivity contribution >= 4 is 56.3 Å². The van der Waals surface area contributed by atoms with Crippen molar-refractivity contribution in [3.8, 4) is 6.07 Å². The molecule has 2 rings (SSSR count). The first-order valence-electron chi connectivity index (χ1n) is 8.66. The topological polar surface area (TPSA) is 180 Å². The van der Waals surface area contributed by atoms with Crippen LogP contribution in [0.1, 0.15) is 11.1 Å². The van der Waals surface area contributed by atoms with Crippen LogP contribution in [0.2, 0.25) is 10.0 Å². The van der Waals surface area contributed by atoms with Gasteiger partial charge in [-0.05, 0) is 19.1 Å². The summed E-state index contributed by atoms with van der Waals surface area (Å²) in [5, 5.41) is 41.0. The van der Waals surface area contributed by atoms with E-state index in [0.717, 1.165) is 12.1 Å². The monoisotopic (exact) mass is 488 g/mol. The van der Waals surface area contributed by atoms with Gasteiger partial charge in [0.05, 0.1) is 28.8 Å². The molecule has 0 bridgehead atoms. The Morgan fingerprint density at radius 1 is 1.10 bits per heavy atom. The molecule has 1 aromatic heterocycles. The third-order valence-electron chi connectivity index (χ3n) is 3.87. The number of azo groups is 1. The fourth-order valence-electron chi connectivity index (χ4n) is 2.45. The molecule has 14 heteroatoms. The van der Waals surface area contributed by atoms with E-state index < -0.39 is 15.0 Å². The zero-order valence-electron chi connectivity index (χ0n) is 16.1. The summed E-state index contributed by atoms with van der Waals surface area (Å²) in [6, 6.07) is 4.06. The number of pyridine rings is 1. The molecular weight excluding hydrogens is 471 g/mol. The zero-order valence-corrected chi connectivity index (χ0v) is 18.4. The molecule has 2 aromatic rings. The molecule has 1 heterocycles. The van der Waals surface area contributed by atoms with E-state index in [-0.39, 0.29) is 64.9 Å². The van der Waals surface area contributed by atoms with Crippen LogP contribution >= 0.6 is 23.2 Å². The molecule has 0 amide bonds. The van der Waals surface area contributed by atoms with Gasteiger partial charge in [-0.3, -0.25) is 4.55 Å². The number of aromatic nitrogens is 1. The van der Waals surface area contributed by atoms with E-state index in [2.05, 4.69) is 25.8 Å². The summed E-state index contributed by atoms with van der Waals surface area (Å²) in [6.45, 7) is 1.53. The molecule has 0 saturated carbocycles. The molecule has 5 N–H and O–H groups in total. The van der Waals surface area contributed by atoms with Gasteiger partial charge in [-0.15, -0.1) is 10.2 Å². The average Bonchev–Trinajstić information content (AvgIpc) is 2.71. The number of nitrogens with one attached hydrogen (secondary N) is 2. The van der Waals surface area contributed by atoms with Crippen molar-refractivity contribution in [3.63, 3.8) is 0 Å². The van der Waals surface area contributed by atoms with Crippen LogP contribution in [-0.4, -0.2) is 54.5 Å². The van der Waals surface area contributed by atoms with Crippen molar-refractivity contribution < 1.29 is 23.2 Å². The first-order valence-corrected chi connectivity index (χ1v) is 10.9. The first kappa shape index (κ1) is 24.7. The standard InChI is InChI=1S/C17H18Cl2N6O5S/c1-9-10(8-20)16(21-2-4-26)23-17(22-3-5-27)15(9)25-24-13-6-12(19)14(7-11(13)18)31(28,29)30/h6-7,26-27H,2-5H2,1H3,(H2,21,22,23)(H,28,29,30). The van der Waals surface area contributed by atoms with Crippen LogP contribution in [0.25, 0.3) is 0 Å². The zero-order chi connectivity index (χ0) is 23.2. The average molecular weight is 489 g/mol. The highest BCUT2D eigenvalue weighted by Crippen LogP contribution is 2.38. The van der Waals surface area contributed by atoms with Gasteiger partial charge in [-0.1, -0.05) is 23.2 Å². The number of nitrogens with zero attached hydrogens (tertiary/aromatic N) is 4. The van der Waals surface area contributed by atoms with E-state index >= 15 is 0 Å². The molecule has 31 heavy (non-hydrogen) atoms. The quantitative estimate of drug-likeness (QED) is 0.261. The van der Waals surface area contributed by atoms with Crippen molar-refractivity contribution in [2.75, 3.05) is 36.9 Å². The Hall–Kier alpha value is -2.53. The van der Waals surface area contributed by atoms with Crippen molar-refractivity contribution in [1.29, 1.82) is 5.26 Å². The summed E-state index contributed by atoms with van der Waals surface area (Å²) in [5.41, 5.74) is 0.750. The minimum absolute atomic E-state index is 0.00700. The highest BCUT2D eigenvalue weighted by molar-refractivity contribution is 7.86. The number of hydrogen-bond donors (Lipinski definition) is 5. The number of hydrogen-bond acceptors (Lipinski definition) is 10. The minimum Gasteiger partial charge on any atom is -0.395 e. The normalized spacial score (nSPS) is 11.5. The van der Waals surface area contributed by atoms with Crippen molar-refractivity contribution in [1.82, 2.24) is 4.98 Å². The fraction of sp³-hybridized carbons (Fsp3) is 0.294. The molecule has 0 spiro atoms. The third kappa shape index (κ3) is 6.01. The maximum atomic E-state index is 11.3. The van der Waals surface area contributed by atoms with Crippen LogP contribution in [-0.2, 0) is 10.1 Å². The largest absolute Gasteiger partial charge is 0.395 e. The molecule has 1 aromatic carbocycles. The number of nitriles is 1. The lowest BCUT2D eigenvalue weighted by Crippen LogP contribution is -2.13. The predicted molar refractivity (Wildman–Crippen MR) is 115 cm³/mol. The van der Waals surface area contributed by atoms with Crippen molar-refractivity contribution in [3.05, 3.63) is 33.3 Å². The van der Waals surface area contributed by atoms with Gasteiger partial charge in [0.15, 0.2) is 5.82 Å². The van der Waals surface area contributed by atoms with Gasteiger partial charge in [0.1, 0.15) is 28.2 Å². The van der Waals surface area contributed by atoms with Crippen molar-refractivity contribution in [2.24, 2.45) is 10.2 Å². The van der Waals surface area contributed by atoms with Gasteiger partial charge < -0.3 is 20.8 Å². The van der Waals surface area contributed by atoms with Crippen LogP contribution in [0.3, 0.4) is 0 Å². The predicted octanol–water partition coefficient (Wildman–Crippen LogP) is 3.04. The maximum Gasteiger partial charge on any atom is 0.296 e. The first-order chi connectivity index (χ1) is 14.6. The molecule has 0 atom stereocenters. The van der Waals surface area contributed by atoms with Gasteiger partial charge in [-0.2, -0.15) is 13.7 Å². The van der Waals surface area contributed by atoms with E-state index in [4.69, 9.17) is 33.4 Å². The summed E-state index contributed by atoms with van der Waals surface area (Å²) in [7, 11) is -4.58. The minimum atomic E-state index is -4.58. The molecule has 0 aliphatic heterocycles. The second-order valence-electron chi connectivity index (χ2n) is 5.98. The number of rotatable bonds is 9. The number of halogens is 2. The second kappa shape index (κ2) is 10.7. The Bertz CT molecular complexity index is 1150.